The predicted molar refractivity (Wildman–Crippen MR) is 70.1 cm³/mol. The second kappa shape index (κ2) is 5.56. The Balaban J connectivity index is 2.43. The first-order valence-corrected chi connectivity index (χ1v) is 5.73. The van der Waals surface area contributed by atoms with Crippen LogP contribution in [-0.2, 0) is 0 Å². The van der Waals surface area contributed by atoms with Crippen molar-refractivity contribution in [3.05, 3.63) is 59.2 Å². The molecule has 0 aliphatic carbocycles. The third-order valence-corrected chi connectivity index (χ3v) is 2.70. The Bertz CT molecular complexity index is 672. The number of nitrogens with zero attached hydrogens (tertiary/aromatic N) is 1. The third-order valence-electron chi connectivity index (χ3n) is 2.70. The second-order valence-electron chi connectivity index (χ2n) is 4.11. The lowest BCUT2D eigenvalue weighted by atomic mass is 10.1. The van der Waals surface area contributed by atoms with Gasteiger partial charge in [-0.1, -0.05) is 11.2 Å². The van der Waals surface area contributed by atoms with Crippen LogP contribution in [0.4, 0.5) is 8.78 Å². The van der Waals surface area contributed by atoms with Crippen molar-refractivity contribution in [3.8, 4) is 11.5 Å². The molecule has 3 N–H and O–H groups in total. The van der Waals surface area contributed by atoms with Crippen LogP contribution in [0.5, 0.6) is 11.5 Å². The molecule has 0 aliphatic rings. The van der Waals surface area contributed by atoms with Crippen LogP contribution >= 0.6 is 0 Å². The van der Waals surface area contributed by atoms with Gasteiger partial charge in [0.1, 0.15) is 23.1 Å². The summed E-state index contributed by atoms with van der Waals surface area (Å²) in [5.41, 5.74) is 5.66. The minimum absolute atomic E-state index is 0.0753. The van der Waals surface area contributed by atoms with Gasteiger partial charge in [0.15, 0.2) is 5.84 Å². The van der Waals surface area contributed by atoms with E-state index in [2.05, 4.69) is 5.16 Å². The topological polar surface area (TPSA) is 67.8 Å². The molecule has 0 atom stereocenters. The van der Waals surface area contributed by atoms with E-state index in [4.69, 9.17) is 15.7 Å². The first-order valence-electron chi connectivity index (χ1n) is 5.73. The van der Waals surface area contributed by atoms with Crippen molar-refractivity contribution in [1.82, 2.24) is 0 Å². The number of halogens is 2. The van der Waals surface area contributed by atoms with Gasteiger partial charge in [0, 0.05) is 0 Å². The molecule has 0 bridgehead atoms. The van der Waals surface area contributed by atoms with Gasteiger partial charge in [-0.25, -0.2) is 8.78 Å². The number of hydrogen-bond donors (Lipinski definition) is 2. The molecular formula is C14H12F2N2O2. The summed E-state index contributed by atoms with van der Waals surface area (Å²) in [5, 5.41) is 11.4. The largest absolute Gasteiger partial charge is 0.456 e. The maximum Gasteiger partial charge on any atom is 0.176 e. The fourth-order valence-corrected chi connectivity index (χ4v) is 1.70. The maximum atomic E-state index is 13.7. The van der Waals surface area contributed by atoms with Gasteiger partial charge >= 0.3 is 0 Å². The quantitative estimate of drug-likeness (QED) is 0.392. The molecule has 0 aliphatic heterocycles. The van der Waals surface area contributed by atoms with Crippen LogP contribution in [0.1, 0.15) is 11.1 Å². The number of nitrogens with two attached hydrogens (primary N) is 1. The minimum Gasteiger partial charge on any atom is -0.456 e. The van der Waals surface area contributed by atoms with Crippen molar-refractivity contribution in [2.75, 3.05) is 0 Å². The van der Waals surface area contributed by atoms with E-state index in [1.54, 1.807) is 6.92 Å². The van der Waals surface area contributed by atoms with Crippen LogP contribution in [-0.4, -0.2) is 11.0 Å². The highest BCUT2D eigenvalue weighted by atomic mass is 19.1. The van der Waals surface area contributed by atoms with Crippen LogP contribution in [0.25, 0.3) is 0 Å². The first kappa shape index (κ1) is 13.8. The van der Waals surface area contributed by atoms with Gasteiger partial charge in [-0.2, -0.15) is 0 Å². The van der Waals surface area contributed by atoms with Gasteiger partial charge in [0.05, 0.1) is 5.56 Å². The maximum absolute atomic E-state index is 13.7. The molecule has 6 heteroatoms. The number of amidine groups is 1. The number of ether oxygens (including phenoxy) is 1. The van der Waals surface area contributed by atoms with E-state index in [1.165, 1.54) is 30.3 Å². The fraction of sp³-hybridized carbons (Fsp3) is 0.0714. The Hall–Kier alpha value is -2.63. The summed E-state index contributed by atoms with van der Waals surface area (Å²) in [7, 11) is 0. The van der Waals surface area contributed by atoms with E-state index in [0.717, 1.165) is 6.07 Å². The van der Waals surface area contributed by atoms with Crippen LogP contribution in [0.3, 0.4) is 0 Å². The lowest BCUT2D eigenvalue weighted by Gasteiger charge is -2.11. The molecule has 20 heavy (non-hydrogen) atoms. The summed E-state index contributed by atoms with van der Waals surface area (Å²) in [6, 6.07) is 8.17. The smallest absolute Gasteiger partial charge is 0.176 e. The molecule has 104 valence electrons. The molecule has 2 aromatic carbocycles. The minimum atomic E-state index is -0.684. The van der Waals surface area contributed by atoms with Crippen molar-refractivity contribution >= 4 is 5.84 Å². The van der Waals surface area contributed by atoms with Gasteiger partial charge < -0.3 is 15.7 Å². The lowest BCUT2D eigenvalue weighted by molar-refractivity contribution is 0.318. The summed E-state index contributed by atoms with van der Waals surface area (Å²) >= 11 is 0. The lowest BCUT2D eigenvalue weighted by Crippen LogP contribution is -2.16. The number of benzene rings is 2. The summed E-state index contributed by atoms with van der Waals surface area (Å²) in [6.07, 6.45) is 0. The summed E-state index contributed by atoms with van der Waals surface area (Å²) in [5.74, 6) is -1.06. The third kappa shape index (κ3) is 2.69. The van der Waals surface area contributed by atoms with E-state index >= 15 is 0 Å². The van der Waals surface area contributed by atoms with Gasteiger partial charge in [-0.05, 0) is 42.8 Å². The summed E-state index contributed by atoms with van der Waals surface area (Å²) < 4.78 is 32.4. The Morgan fingerprint density at radius 3 is 2.60 bits per heavy atom. The van der Waals surface area contributed by atoms with Crippen LogP contribution in [0, 0.1) is 18.6 Å². The van der Waals surface area contributed by atoms with Crippen molar-refractivity contribution < 1.29 is 18.7 Å². The molecular weight excluding hydrogens is 266 g/mol. The highest BCUT2D eigenvalue weighted by molar-refractivity contribution is 5.99. The van der Waals surface area contributed by atoms with Crippen molar-refractivity contribution in [1.29, 1.82) is 0 Å². The van der Waals surface area contributed by atoms with Crippen LogP contribution in [0.2, 0.25) is 0 Å². The van der Waals surface area contributed by atoms with Crippen molar-refractivity contribution in [2.24, 2.45) is 10.9 Å². The molecule has 0 radical (unpaired) electrons. The molecule has 0 spiro atoms. The summed E-state index contributed by atoms with van der Waals surface area (Å²) in [4.78, 5) is 0. The zero-order chi connectivity index (χ0) is 14.7. The van der Waals surface area contributed by atoms with Gasteiger partial charge in [0.2, 0.25) is 0 Å². The van der Waals surface area contributed by atoms with Crippen LogP contribution in [0.15, 0.2) is 41.6 Å². The van der Waals surface area contributed by atoms with Crippen molar-refractivity contribution in [2.45, 2.75) is 6.92 Å². The molecule has 2 aromatic rings. The molecule has 0 fully saturated rings. The molecule has 4 nitrogen and oxygen atoms in total. The highest BCUT2D eigenvalue weighted by Crippen LogP contribution is 2.28. The molecule has 0 saturated heterocycles. The van der Waals surface area contributed by atoms with E-state index in [1.807, 2.05) is 0 Å². The number of aryl methyl sites for hydroxylation is 1. The van der Waals surface area contributed by atoms with E-state index in [0.29, 0.717) is 11.3 Å². The van der Waals surface area contributed by atoms with Gasteiger partial charge in [-0.15, -0.1) is 0 Å². The number of rotatable bonds is 3. The standard InChI is InChI=1S/C14H12F2N2O2/c1-8-7-9(5-6-10(8)15)20-12-4-2-3-11(16)13(12)14(17)18-19/h2-7,19H,1H3,(H2,17,18). The average Bonchev–Trinajstić information content (AvgIpc) is 2.42. The fourth-order valence-electron chi connectivity index (χ4n) is 1.70. The molecule has 0 amide bonds. The number of hydrogen-bond acceptors (Lipinski definition) is 3. The first-order chi connectivity index (χ1) is 9.52. The molecule has 0 unspecified atom stereocenters. The van der Waals surface area contributed by atoms with Crippen molar-refractivity contribution in [3.63, 3.8) is 0 Å². The zero-order valence-electron chi connectivity index (χ0n) is 10.6. The van der Waals surface area contributed by atoms with E-state index < -0.39 is 11.7 Å². The zero-order valence-corrected chi connectivity index (χ0v) is 10.6. The molecule has 2 rings (SSSR count). The molecule has 0 aromatic heterocycles. The highest BCUT2D eigenvalue weighted by Gasteiger charge is 2.15. The van der Waals surface area contributed by atoms with E-state index in [9.17, 15) is 8.78 Å². The SMILES string of the molecule is Cc1cc(Oc2cccc(F)c2/C(N)=N/O)ccc1F. The summed E-state index contributed by atoms with van der Waals surface area (Å²) in [6.45, 7) is 1.58. The van der Waals surface area contributed by atoms with Gasteiger partial charge in [0.25, 0.3) is 0 Å². The normalized spacial score (nSPS) is 11.4. The second-order valence-corrected chi connectivity index (χ2v) is 4.11. The number of oxime groups is 1. The Labute approximate surface area is 114 Å². The Morgan fingerprint density at radius 1 is 1.20 bits per heavy atom. The molecule has 0 heterocycles. The van der Waals surface area contributed by atoms with E-state index in [-0.39, 0.29) is 17.1 Å². The predicted octanol–water partition coefficient (Wildman–Crippen LogP) is 3.16. The Kier molecular flexibility index (Phi) is 3.84. The van der Waals surface area contributed by atoms with Crippen LogP contribution < -0.4 is 10.5 Å². The average molecular weight is 278 g/mol. The van der Waals surface area contributed by atoms with Gasteiger partial charge in [-0.3, -0.25) is 0 Å². The monoisotopic (exact) mass is 278 g/mol. The molecule has 0 saturated carbocycles. The Morgan fingerprint density at radius 2 is 1.95 bits per heavy atom.